The van der Waals surface area contributed by atoms with Crippen LogP contribution in [0.15, 0.2) is 48.5 Å². The second-order valence-corrected chi connectivity index (χ2v) is 5.33. The van der Waals surface area contributed by atoms with Crippen molar-refractivity contribution in [1.82, 2.24) is 4.98 Å². The van der Waals surface area contributed by atoms with E-state index in [0.29, 0.717) is 0 Å². The number of para-hydroxylation sites is 1. The Morgan fingerprint density at radius 3 is 2.64 bits per heavy atom. The molecule has 0 saturated heterocycles. The first kappa shape index (κ1) is 14.4. The first-order valence-electron chi connectivity index (χ1n) is 7.51. The molecule has 3 heteroatoms. The van der Waals surface area contributed by atoms with Crippen molar-refractivity contribution in [3.8, 4) is 5.75 Å². The number of aromatic nitrogens is 1. The summed E-state index contributed by atoms with van der Waals surface area (Å²) in [5.41, 5.74) is 5.46. The highest BCUT2D eigenvalue weighted by molar-refractivity contribution is 5.94. The Morgan fingerprint density at radius 2 is 1.86 bits per heavy atom. The maximum Gasteiger partial charge on any atom is 0.119 e. The van der Waals surface area contributed by atoms with Gasteiger partial charge in [-0.3, -0.25) is 4.98 Å². The van der Waals surface area contributed by atoms with Gasteiger partial charge in [0.05, 0.1) is 12.6 Å². The lowest BCUT2D eigenvalue weighted by Gasteiger charge is -2.14. The van der Waals surface area contributed by atoms with Crippen LogP contribution in [0.1, 0.15) is 18.2 Å². The number of benzene rings is 2. The van der Waals surface area contributed by atoms with Crippen LogP contribution < -0.4 is 10.1 Å². The minimum Gasteiger partial charge on any atom is -0.497 e. The number of pyridine rings is 1. The van der Waals surface area contributed by atoms with Gasteiger partial charge in [0.15, 0.2) is 0 Å². The van der Waals surface area contributed by atoms with Crippen molar-refractivity contribution in [1.29, 1.82) is 0 Å². The van der Waals surface area contributed by atoms with Crippen molar-refractivity contribution in [3.63, 3.8) is 0 Å². The van der Waals surface area contributed by atoms with Crippen LogP contribution in [0.4, 0.5) is 11.4 Å². The number of nitrogens with zero attached hydrogens (tertiary/aromatic N) is 1. The van der Waals surface area contributed by atoms with E-state index in [2.05, 4.69) is 47.6 Å². The molecule has 112 valence electrons. The number of aryl methyl sites for hydroxylation is 2. The van der Waals surface area contributed by atoms with Gasteiger partial charge < -0.3 is 10.1 Å². The maximum atomic E-state index is 5.35. The Balaban J connectivity index is 2.12. The van der Waals surface area contributed by atoms with Crippen LogP contribution in [-0.4, -0.2) is 12.1 Å². The van der Waals surface area contributed by atoms with Crippen molar-refractivity contribution in [3.05, 3.63) is 59.8 Å². The van der Waals surface area contributed by atoms with Gasteiger partial charge in [-0.2, -0.15) is 0 Å². The normalized spacial score (nSPS) is 10.7. The molecule has 3 aromatic rings. The number of fused-ring (bicyclic) bond motifs is 1. The molecule has 0 saturated carbocycles. The minimum atomic E-state index is 0.838. The van der Waals surface area contributed by atoms with Crippen LogP contribution in [-0.2, 0) is 6.42 Å². The van der Waals surface area contributed by atoms with E-state index in [1.54, 1.807) is 7.11 Å². The fraction of sp³-hybridized carbons (Fsp3) is 0.211. The maximum absolute atomic E-state index is 5.35. The average Bonchev–Trinajstić information content (AvgIpc) is 2.55. The second-order valence-electron chi connectivity index (χ2n) is 5.33. The van der Waals surface area contributed by atoms with Crippen molar-refractivity contribution >= 4 is 22.3 Å². The molecule has 3 rings (SSSR count). The fourth-order valence-corrected chi connectivity index (χ4v) is 2.66. The van der Waals surface area contributed by atoms with Crippen LogP contribution in [0.3, 0.4) is 0 Å². The zero-order chi connectivity index (χ0) is 15.5. The Kier molecular flexibility index (Phi) is 3.96. The van der Waals surface area contributed by atoms with Crippen LogP contribution in [0.25, 0.3) is 10.9 Å². The van der Waals surface area contributed by atoms with Gasteiger partial charge in [0, 0.05) is 22.5 Å². The molecule has 0 bridgehead atoms. The van der Waals surface area contributed by atoms with Crippen molar-refractivity contribution in [2.45, 2.75) is 20.3 Å². The van der Waals surface area contributed by atoms with Gasteiger partial charge >= 0.3 is 0 Å². The zero-order valence-corrected chi connectivity index (χ0v) is 13.2. The van der Waals surface area contributed by atoms with Crippen molar-refractivity contribution < 1.29 is 4.74 Å². The van der Waals surface area contributed by atoms with Gasteiger partial charge in [-0.15, -0.1) is 0 Å². The van der Waals surface area contributed by atoms with E-state index >= 15 is 0 Å². The summed E-state index contributed by atoms with van der Waals surface area (Å²) in [6.07, 6.45) is 0.995. The van der Waals surface area contributed by atoms with Gasteiger partial charge in [0.25, 0.3) is 0 Å². The smallest absolute Gasteiger partial charge is 0.119 e. The van der Waals surface area contributed by atoms with E-state index in [4.69, 9.17) is 4.74 Å². The molecule has 0 radical (unpaired) electrons. The molecule has 22 heavy (non-hydrogen) atoms. The molecule has 0 spiro atoms. The van der Waals surface area contributed by atoms with Crippen LogP contribution in [0, 0.1) is 6.92 Å². The van der Waals surface area contributed by atoms with Crippen molar-refractivity contribution in [2.75, 3.05) is 12.4 Å². The lowest BCUT2D eigenvalue weighted by atomic mass is 10.1. The summed E-state index contributed by atoms with van der Waals surface area (Å²) in [5, 5.41) is 4.63. The highest BCUT2D eigenvalue weighted by Gasteiger charge is 2.08. The van der Waals surface area contributed by atoms with Crippen LogP contribution in [0.2, 0.25) is 0 Å². The van der Waals surface area contributed by atoms with Crippen LogP contribution in [0.5, 0.6) is 5.75 Å². The second kappa shape index (κ2) is 6.06. The summed E-state index contributed by atoms with van der Waals surface area (Å²) in [6.45, 7) is 4.18. The molecule has 0 aliphatic carbocycles. The van der Waals surface area contributed by atoms with E-state index in [1.807, 2.05) is 25.1 Å². The molecule has 0 aliphatic rings. The molecule has 0 amide bonds. The number of hydrogen-bond donors (Lipinski definition) is 1. The average molecular weight is 292 g/mol. The van der Waals surface area contributed by atoms with Crippen LogP contribution >= 0.6 is 0 Å². The number of nitrogens with one attached hydrogen (secondary N) is 1. The fourth-order valence-electron chi connectivity index (χ4n) is 2.66. The lowest BCUT2D eigenvalue weighted by Crippen LogP contribution is -1.98. The van der Waals surface area contributed by atoms with Gasteiger partial charge in [-0.1, -0.05) is 25.1 Å². The van der Waals surface area contributed by atoms with E-state index in [0.717, 1.165) is 40.1 Å². The summed E-state index contributed by atoms with van der Waals surface area (Å²) in [5.74, 6) is 0.838. The molecule has 1 heterocycles. The summed E-state index contributed by atoms with van der Waals surface area (Å²) in [6, 6.07) is 16.4. The van der Waals surface area contributed by atoms with Gasteiger partial charge in [-0.05, 0) is 49.2 Å². The number of rotatable bonds is 4. The molecule has 1 aromatic heterocycles. The Hall–Kier alpha value is -2.55. The topological polar surface area (TPSA) is 34.2 Å². The lowest BCUT2D eigenvalue weighted by molar-refractivity contribution is 0.415. The van der Waals surface area contributed by atoms with Gasteiger partial charge in [0.2, 0.25) is 0 Å². The van der Waals surface area contributed by atoms with Crippen molar-refractivity contribution in [2.24, 2.45) is 0 Å². The zero-order valence-electron chi connectivity index (χ0n) is 13.2. The molecular weight excluding hydrogens is 272 g/mol. The predicted molar refractivity (Wildman–Crippen MR) is 92.1 cm³/mol. The first-order valence-corrected chi connectivity index (χ1v) is 7.51. The molecule has 3 nitrogen and oxygen atoms in total. The molecule has 1 N–H and O–H groups in total. The highest BCUT2D eigenvalue weighted by atomic mass is 16.5. The van der Waals surface area contributed by atoms with E-state index in [9.17, 15) is 0 Å². The highest BCUT2D eigenvalue weighted by Crippen LogP contribution is 2.30. The number of methoxy groups -OCH3 is 1. The summed E-state index contributed by atoms with van der Waals surface area (Å²) < 4.78 is 5.35. The third-order valence-electron chi connectivity index (χ3n) is 3.81. The SMILES string of the molecule is CCc1ccccc1Nc1cc(C)nc2ccc(OC)cc12. The summed E-state index contributed by atoms with van der Waals surface area (Å²) >= 11 is 0. The van der Waals surface area contributed by atoms with E-state index in [-0.39, 0.29) is 0 Å². The number of anilines is 2. The third-order valence-corrected chi connectivity index (χ3v) is 3.81. The Labute approximate surface area is 131 Å². The monoisotopic (exact) mass is 292 g/mol. The van der Waals surface area contributed by atoms with E-state index in [1.165, 1.54) is 5.56 Å². The third kappa shape index (κ3) is 2.75. The Morgan fingerprint density at radius 1 is 1.05 bits per heavy atom. The van der Waals surface area contributed by atoms with Gasteiger partial charge in [0.1, 0.15) is 5.75 Å². The summed E-state index contributed by atoms with van der Waals surface area (Å²) in [4.78, 5) is 4.60. The largest absolute Gasteiger partial charge is 0.497 e. The quantitative estimate of drug-likeness (QED) is 0.745. The summed E-state index contributed by atoms with van der Waals surface area (Å²) in [7, 11) is 1.68. The van der Waals surface area contributed by atoms with E-state index < -0.39 is 0 Å². The number of hydrogen-bond acceptors (Lipinski definition) is 3. The van der Waals surface area contributed by atoms with Gasteiger partial charge in [-0.25, -0.2) is 0 Å². The molecule has 0 atom stereocenters. The Bertz CT molecular complexity index is 812. The molecular formula is C19H20N2O. The molecule has 0 aliphatic heterocycles. The number of ether oxygens (including phenoxy) is 1. The molecule has 0 fully saturated rings. The standard InChI is InChI=1S/C19H20N2O/c1-4-14-7-5-6-8-17(14)21-19-11-13(2)20-18-10-9-15(22-3)12-16(18)19/h5-12H,4H2,1-3H3,(H,20,21). The molecule has 2 aromatic carbocycles. The molecule has 0 unspecified atom stereocenters. The first-order chi connectivity index (χ1) is 10.7. The minimum absolute atomic E-state index is 0.838. The predicted octanol–water partition coefficient (Wildman–Crippen LogP) is 4.86.